The fourth-order valence-corrected chi connectivity index (χ4v) is 3.13. The topological polar surface area (TPSA) is 65.0 Å². The van der Waals surface area contributed by atoms with E-state index in [2.05, 4.69) is 10.2 Å². The summed E-state index contributed by atoms with van der Waals surface area (Å²) in [5.41, 5.74) is 0. The third-order valence-corrected chi connectivity index (χ3v) is 4.50. The first kappa shape index (κ1) is 16.2. The monoisotopic (exact) mass is 286 g/mol. The molecule has 2 rings (SSSR count). The summed E-state index contributed by atoms with van der Waals surface area (Å²) < 4.78 is 5.28. The van der Waals surface area contributed by atoms with Crippen LogP contribution < -0.4 is 5.32 Å². The lowest BCUT2D eigenvalue weighted by molar-refractivity contribution is -0.0277. The summed E-state index contributed by atoms with van der Waals surface area (Å²) in [6, 6.07) is 0. The number of hydrogen-bond acceptors (Lipinski definition) is 5. The number of aliphatic hydroxyl groups excluding tert-OH is 2. The molecule has 5 heteroatoms. The third-order valence-electron chi connectivity index (χ3n) is 4.50. The van der Waals surface area contributed by atoms with Gasteiger partial charge in [-0.2, -0.15) is 0 Å². The summed E-state index contributed by atoms with van der Waals surface area (Å²) >= 11 is 0. The van der Waals surface area contributed by atoms with Crippen molar-refractivity contribution in [1.29, 1.82) is 0 Å². The molecule has 118 valence electrons. The van der Waals surface area contributed by atoms with E-state index in [0.29, 0.717) is 13.1 Å². The third kappa shape index (κ3) is 5.66. The van der Waals surface area contributed by atoms with Gasteiger partial charge in [0.05, 0.1) is 25.4 Å². The number of hydrogen-bond donors (Lipinski definition) is 3. The molecule has 0 radical (unpaired) electrons. The number of nitrogens with zero attached hydrogens (tertiary/aromatic N) is 1. The van der Waals surface area contributed by atoms with Crippen LogP contribution in [0, 0.1) is 5.92 Å². The normalized spacial score (nSPS) is 25.5. The van der Waals surface area contributed by atoms with Gasteiger partial charge in [-0.15, -0.1) is 0 Å². The lowest BCUT2D eigenvalue weighted by Gasteiger charge is -2.30. The number of morpholine rings is 1. The van der Waals surface area contributed by atoms with E-state index in [1.165, 1.54) is 32.1 Å². The predicted molar refractivity (Wildman–Crippen MR) is 78.7 cm³/mol. The van der Waals surface area contributed by atoms with Crippen molar-refractivity contribution < 1.29 is 14.9 Å². The Morgan fingerprint density at radius 3 is 2.45 bits per heavy atom. The van der Waals surface area contributed by atoms with E-state index in [1.54, 1.807) is 0 Å². The van der Waals surface area contributed by atoms with Crippen molar-refractivity contribution in [1.82, 2.24) is 10.2 Å². The molecular formula is C15H30N2O3. The molecule has 20 heavy (non-hydrogen) atoms. The zero-order chi connectivity index (χ0) is 14.2. The zero-order valence-corrected chi connectivity index (χ0v) is 12.5. The highest BCUT2D eigenvalue weighted by molar-refractivity contribution is 4.76. The highest BCUT2D eigenvalue weighted by Gasteiger charge is 2.21. The second-order valence-electron chi connectivity index (χ2n) is 6.21. The quantitative estimate of drug-likeness (QED) is 0.624. The Morgan fingerprint density at radius 1 is 1.05 bits per heavy atom. The minimum atomic E-state index is -0.679. The number of rotatable bonds is 7. The van der Waals surface area contributed by atoms with Crippen LogP contribution in [-0.2, 0) is 4.74 Å². The summed E-state index contributed by atoms with van der Waals surface area (Å²) in [7, 11) is 0. The maximum atomic E-state index is 10.0. The van der Waals surface area contributed by atoms with Crippen LogP contribution in [0.1, 0.15) is 32.1 Å². The molecule has 2 fully saturated rings. The molecule has 1 heterocycles. The number of nitrogens with one attached hydrogen (secondary N) is 1. The SMILES string of the molecule is O[C@@H](CNCC1CCCCC1)[C@@H](O)CN1CCOCC1. The minimum absolute atomic E-state index is 0.488. The number of ether oxygens (including phenoxy) is 1. The Balaban J connectivity index is 1.56. The van der Waals surface area contributed by atoms with Crippen LogP contribution in [0.5, 0.6) is 0 Å². The smallest absolute Gasteiger partial charge is 0.0938 e. The van der Waals surface area contributed by atoms with Gasteiger partial charge in [0.25, 0.3) is 0 Å². The van der Waals surface area contributed by atoms with Gasteiger partial charge in [0.15, 0.2) is 0 Å². The van der Waals surface area contributed by atoms with Gasteiger partial charge in [-0.1, -0.05) is 19.3 Å². The first-order valence-corrected chi connectivity index (χ1v) is 8.12. The average Bonchev–Trinajstić information content (AvgIpc) is 2.49. The molecule has 1 saturated heterocycles. The molecule has 0 amide bonds. The first-order chi connectivity index (χ1) is 9.75. The Kier molecular flexibility index (Phi) is 7.24. The van der Waals surface area contributed by atoms with Gasteiger partial charge in [-0.05, 0) is 25.3 Å². The van der Waals surface area contributed by atoms with Crippen LogP contribution in [0.2, 0.25) is 0 Å². The van der Waals surface area contributed by atoms with Crippen LogP contribution in [0.3, 0.4) is 0 Å². The molecule has 0 aromatic heterocycles. The standard InChI is InChI=1S/C15H30N2O3/c18-14(11-16-10-13-4-2-1-3-5-13)15(19)12-17-6-8-20-9-7-17/h13-16,18-19H,1-12H2/t14-,15-/m0/s1. The van der Waals surface area contributed by atoms with Crippen molar-refractivity contribution in [3.8, 4) is 0 Å². The molecule has 0 unspecified atom stereocenters. The summed E-state index contributed by atoms with van der Waals surface area (Å²) in [4.78, 5) is 2.15. The molecule has 0 spiro atoms. The van der Waals surface area contributed by atoms with Gasteiger partial charge in [0, 0.05) is 26.2 Å². The summed E-state index contributed by atoms with van der Waals surface area (Å²) in [5, 5.41) is 23.4. The Bertz CT molecular complexity index is 254. The second-order valence-corrected chi connectivity index (χ2v) is 6.21. The Labute approximate surface area is 122 Å². The van der Waals surface area contributed by atoms with Crippen molar-refractivity contribution in [2.45, 2.75) is 44.3 Å². The van der Waals surface area contributed by atoms with Crippen molar-refractivity contribution in [2.75, 3.05) is 45.9 Å². The summed E-state index contributed by atoms with van der Waals surface area (Å²) in [5.74, 6) is 0.757. The van der Waals surface area contributed by atoms with Crippen molar-refractivity contribution >= 4 is 0 Å². The molecule has 1 aliphatic heterocycles. The van der Waals surface area contributed by atoms with Crippen LogP contribution in [0.4, 0.5) is 0 Å². The molecule has 0 aromatic rings. The molecule has 3 N–H and O–H groups in total. The van der Waals surface area contributed by atoms with Crippen molar-refractivity contribution in [2.24, 2.45) is 5.92 Å². The molecule has 0 aromatic carbocycles. The van der Waals surface area contributed by atoms with E-state index in [-0.39, 0.29) is 0 Å². The zero-order valence-electron chi connectivity index (χ0n) is 12.5. The maximum absolute atomic E-state index is 10.0. The molecule has 0 bridgehead atoms. The highest BCUT2D eigenvalue weighted by Crippen LogP contribution is 2.22. The van der Waals surface area contributed by atoms with E-state index < -0.39 is 12.2 Å². The molecule has 1 saturated carbocycles. The second kappa shape index (κ2) is 8.95. The largest absolute Gasteiger partial charge is 0.389 e. The van der Waals surface area contributed by atoms with Crippen LogP contribution in [0.25, 0.3) is 0 Å². The van der Waals surface area contributed by atoms with E-state index in [9.17, 15) is 10.2 Å². The van der Waals surface area contributed by atoms with Crippen molar-refractivity contribution in [3.05, 3.63) is 0 Å². The molecule has 5 nitrogen and oxygen atoms in total. The van der Waals surface area contributed by atoms with Gasteiger partial charge in [-0.3, -0.25) is 4.90 Å². The van der Waals surface area contributed by atoms with Crippen LogP contribution >= 0.6 is 0 Å². The van der Waals surface area contributed by atoms with Gasteiger partial charge >= 0.3 is 0 Å². The van der Waals surface area contributed by atoms with E-state index in [4.69, 9.17) is 4.74 Å². The fraction of sp³-hybridized carbons (Fsp3) is 1.00. The Hall–Kier alpha value is -0.200. The van der Waals surface area contributed by atoms with E-state index in [1.807, 2.05) is 0 Å². The van der Waals surface area contributed by atoms with Crippen molar-refractivity contribution in [3.63, 3.8) is 0 Å². The minimum Gasteiger partial charge on any atom is -0.389 e. The Morgan fingerprint density at radius 2 is 1.75 bits per heavy atom. The lowest BCUT2D eigenvalue weighted by atomic mass is 9.89. The maximum Gasteiger partial charge on any atom is 0.0938 e. The van der Waals surface area contributed by atoms with Gasteiger partial charge in [0.2, 0.25) is 0 Å². The fourth-order valence-electron chi connectivity index (χ4n) is 3.13. The van der Waals surface area contributed by atoms with Crippen LogP contribution in [-0.4, -0.2) is 73.3 Å². The molecule has 2 atom stereocenters. The van der Waals surface area contributed by atoms with Gasteiger partial charge in [0.1, 0.15) is 0 Å². The predicted octanol–water partition coefficient (Wildman–Crippen LogP) is 0.210. The van der Waals surface area contributed by atoms with E-state index >= 15 is 0 Å². The van der Waals surface area contributed by atoms with Crippen LogP contribution in [0.15, 0.2) is 0 Å². The van der Waals surface area contributed by atoms with Gasteiger partial charge in [-0.25, -0.2) is 0 Å². The number of β-amino-alcohol motifs (C(OH)–C–C–N with tert-alkyl or cyclic N) is 1. The summed E-state index contributed by atoms with van der Waals surface area (Å²) in [6.07, 6.45) is 5.31. The molecular weight excluding hydrogens is 256 g/mol. The highest BCUT2D eigenvalue weighted by atomic mass is 16.5. The first-order valence-electron chi connectivity index (χ1n) is 8.12. The lowest BCUT2D eigenvalue weighted by Crippen LogP contribution is -2.47. The summed E-state index contributed by atoms with van der Waals surface area (Å²) in [6.45, 7) is 5.14. The van der Waals surface area contributed by atoms with Gasteiger partial charge < -0.3 is 20.3 Å². The number of aliphatic hydroxyl groups is 2. The molecule has 1 aliphatic carbocycles. The van der Waals surface area contributed by atoms with E-state index in [0.717, 1.165) is 38.8 Å². The average molecular weight is 286 g/mol. The molecule has 2 aliphatic rings.